The van der Waals surface area contributed by atoms with Gasteiger partial charge in [-0.05, 0) is 114 Å². The fourth-order valence-corrected chi connectivity index (χ4v) is 30.2. The summed E-state index contributed by atoms with van der Waals surface area (Å²) in [6.45, 7) is 0. The Morgan fingerprint density at radius 3 is 0.727 bits per heavy atom. The minimum Gasteiger partial charge on any atom is -0.366 e. The quantitative estimate of drug-likeness (QED) is 0.0554. The average Bonchev–Trinajstić information content (AvgIpc) is 1.56. The zero-order chi connectivity index (χ0) is 58.1. The zero-order valence-electron chi connectivity index (χ0n) is 48.1. The molecule has 0 saturated heterocycles. The molecule has 0 radical (unpaired) electrons. The van der Waals surface area contributed by atoms with Crippen molar-refractivity contribution in [1.82, 2.24) is 0 Å². The summed E-state index contributed by atoms with van der Waals surface area (Å²) in [7, 11) is -7.23. The normalized spacial score (nSPS) is 12.3. The molecule has 0 nitrogen and oxygen atoms in total. The number of fused-ring (bicyclic) bond motifs is 6. The summed E-state index contributed by atoms with van der Waals surface area (Å²) in [4.78, 5) is 0. The Balaban J connectivity index is 0.000000136. The molecule has 0 aromatic heterocycles. The summed E-state index contributed by atoms with van der Waals surface area (Å²) in [5.41, 5.74) is 6.91. The molecule has 426 valence electrons. The van der Waals surface area contributed by atoms with Crippen molar-refractivity contribution < 1.29 is 44.8 Å². The Hall–Kier alpha value is -8.25. The van der Waals surface area contributed by atoms with Gasteiger partial charge in [0.25, 0.3) is 0 Å². The van der Waals surface area contributed by atoms with Gasteiger partial charge < -0.3 is 12.8 Å². The van der Waals surface area contributed by atoms with Crippen molar-refractivity contribution in [3.63, 3.8) is 0 Å². The number of hydrogen-bond donors (Lipinski definition) is 0. The van der Waals surface area contributed by atoms with Crippen molar-refractivity contribution in [2.45, 2.75) is 0 Å². The summed E-state index contributed by atoms with van der Waals surface area (Å²) in [6, 6.07) is 127. The molecule has 0 fully saturated rings. The Kier molecular flexibility index (Phi) is 19.7. The molecule has 0 bridgehead atoms. The second kappa shape index (κ2) is 28.3. The van der Waals surface area contributed by atoms with E-state index in [1.165, 1.54) is 95.6 Å². The van der Waals surface area contributed by atoms with Gasteiger partial charge in [-0.2, -0.15) is 0 Å². The maximum absolute atomic E-state index is 7.99. The van der Waals surface area contributed by atoms with Crippen molar-refractivity contribution in [1.29, 1.82) is 0 Å². The molecule has 88 heavy (non-hydrogen) atoms. The third-order valence-corrected chi connectivity index (χ3v) is 32.6. The Bertz CT molecular complexity index is 4090. The molecule has 0 saturated carbocycles. The van der Waals surface area contributed by atoms with Gasteiger partial charge in [0, 0.05) is 0 Å². The van der Waals surface area contributed by atoms with Crippen molar-refractivity contribution in [2.24, 2.45) is 0 Å². The van der Waals surface area contributed by atoms with Crippen LogP contribution in [0.5, 0.6) is 0 Å². The summed E-state index contributed by atoms with van der Waals surface area (Å²) in [5, 5.41) is 19.5. The summed E-state index contributed by atoms with van der Waals surface area (Å²) in [6.07, 6.45) is 16.0. The van der Waals surface area contributed by atoms with E-state index in [1.54, 1.807) is 0 Å². The van der Waals surface area contributed by atoms with Crippen LogP contribution in [0.15, 0.2) is 352 Å². The second-order valence-corrected chi connectivity index (χ2v) is 33.8. The topological polar surface area (TPSA) is 0 Å². The Morgan fingerprint density at radius 2 is 0.455 bits per heavy atom. The van der Waals surface area contributed by atoms with Gasteiger partial charge in [0.05, 0.1) is 0 Å². The molecule has 13 aromatic carbocycles. The molecule has 0 spiro atoms. The first-order valence-corrected chi connectivity index (χ1v) is 36.3. The first-order chi connectivity index (χ1) is 42.7. The van der Waals surface area contributed by atoms with Crippen molar-refractivity contribution in [3.05, 3.63) is 376 Å². The van der Waals surface area contributed by atoms with Crippen molar-refractivity contribution in [3.8, 4) is 34.1 Å². The number of hydrogen-bond acceptors (Lipinski definition) is 0. The molecule has 0 aliphatic carbocycles. The molecule has 2 aliphatic rings. The standard InChI is InChI=1S/C30H24P2.2C26H17Si.2Au/c1-5-15-25(16-6-1)31(26-17-7-2-8-18-26)29-23-13-14-24-30(29)32(27-19-9-3-10-20-27)28-21-11-4-12-22-28;2*1-2-20-12-11-18-24-23-17-9-10-19-25(23)27(26(20)24,21-13-5-3-6-14-21)22-15-7-4-8-16-22;;/h1-24H;2*3-19H;;/q;2*-1;2*+1/p+2. The molecular formula is C82H60Au2P2Si2+2. The SMILES string of the molecule is [Au+].[Au+].[C-]#Cc1cccc2c1[Si](c1ccccc1)(c1ccccc1)c1ccccc1-2.[C-]#Cc1cccc2c1[Si](c1ccccc1)(c1ccccc1)c1ccccc1-2.c1ccc([PH+](c2ccccc2)c2ccccc2[PH+](c2ccccc2)c2ccccc2)cc1. The van der Waals surface area contributed by atoms with Gasteiger partial charge in [0.2, 0.25) is 0 Å². The van der Waals surface area contributed by atoms with Crippen molar-refractivity contribution >= 4 is 105 Å². The minimum absolute atomic E-state index is 0. The minimum atomic E-state index is -2.47. The van der Waals surface area contributed by atoms with Crippen LogP contribution >= 0.6 is 15.8 Å². The number of rotatable bonds is 10. The van der Waals surface area contributed by atoms with E-state index in [-0.39, 0.29) is 44.8 Å². The first kappa shape index (κ1) is 61.4. The van der Waals surface area contributed by atoms with E-state index in [1.807, 2.05) is 24.3 Å². The van der Waals surface area contributed by atoms with Crippen LogP contribution in [0.2, 0.25) is 0 Å². The van der Waals surface area contributed by atoms with Crippen LogP contribution in [-0.2, 0) is 44.8 Å². The molecule has 2 aliphatic heterocycles. The third kappa shape index (κ3) is 11.4. The molecule has 6 heteroatoms. The van der Waals surface area contributed by atoms with Crippen LogP contribution in [0.4, 0.5) is 0 Å². The largest absolute Gasteiger partial charge is 1.00 e. The van der Waals surface area contributed by atoms with Gasteiger partial charge in [-0.3, -0.25) is 11.8 Å². The Labute approximate surface area is 555 Å². The van der Waals surface area contributed by atoms with E-state index >= 15 is 0 Å². The molecule has 2 heterocycles. The Morgan fingerprint density at radius 1 is 0.227 bits per heavy atom. The third-order valence-electron chi connectivity index (χ3n) is 16.9. The van der Waals surface area contributed by atoms with Gasteiger partial charge in [0.15, 0.2) is 16.1 Å². The van der Waals surface area contributed by atoms with E-state index < -0.39 is 32.0 Å². The molecular weight excluding hydrogens is 1500 g/mol. The average molecular weight is 1560 g/mol. The zero-order valence-corrected chi connectivity index (χ0v) is 56.4. The molecule has 0 unspecified atom stereocenters. The summed E-state index contributed by atoms with van der Waals surface area (Å²) >= 11 is 0. The smallest absolute Gasteiger partial charge is 0.366 e. The van der Waals surface area contributed by atoms with E-state index in [0.29, 0.717) is 0 Å². The summed E-state index contributed by atoms with van der Waals surface area (Å²) < 4.78 is 0. The van der Waals surface area contributed by atoms with Crippen LogP contribution in [0.1, 0.15) is 11.1 Å². The molecule has 0 atom stereocenters. The van der Waals surface area contributed by atoms with Gasteiger partial charge in [-0.15, -0.1) is 33.6 Å². The fraction of sp³-hybridized carbons (Fsp3) is 0. The van der Waals surface area contributed by atoms with Crippen LogP contribution in [0.25, 0.3) is 22.3 Å². The fourth-order valence-electron chi connectivity index (χ4n) is 13.5. The van der Waals surface area contributed by atoms with E-state index in [4.69, 9.17) is 12.8 Å². The summed E-state index contributed by atoms with van der Waals surface area (Å²) in [5.74, 6) is 5.48. The maximum Gasteiger partial charge on any atom is 1.00 e. The van der Waals surface area contributed by atoms with Crippen LogP contribution in [-0.4, -0.2) is 16.1 Å². The van der Waals surface area contributed by atoms with Crippen molar-refractivity contribution in [2.75, 3.05) is 0 Å². The van der Waals surface area contributed by atoms with Gasteiger partial charge >= 0.3 is 44.8 Å². The first-order valence-electron chi connectivity index (χ1n) is 29.3. The second-order valence-electron chi connectivity index (χ2n) is 21.5. The van der Waals surface area contributed by atoms with E-state index in [9.17, 15) is 0 Å². The predicted octanol–water partition coefficient (Wildman–Crippen LogP) is 10.6. The van der Waals surface area contributed by atoms with Crippen LogP contribution in [0, 0.1) is 24.7 Å². The monoisotopic (exact) mass is 1560 g/mol. The predicted molar refractivity (Wildman–Crippen MR) is 377 cm³/mol. The van der Waals surface area contributed by atoms with Gasteiger partial charge in [-0.1, -0.05) is 279 Å². The number of benzene rings is 13. The van der Waals surface area contributed by atoms with E-state index in [2.05, 4.69) is 339 Å². The van der Waals surface area contributed by atoms with Crippen LogP contribution < -0.4 is 73.3 Å². The molecule has 0 amide bonds. The maximum atomic E-state index is 7.99. The molecule has 15 rings (SSSR count). The van der Waals surface area contributed by atoms with Gasteiger partial charge in [-0.25, -0.2) is 0 Å². The van der Waals surface area contributed by atoms with Gasteiger partial charge in [0.1, 0.15) is 47.7 Å². The molecule has 0 N–H and O–H groups in total. The molecule has 13 aromatic rings. The van der Waals surface area contributed by atoms with Crippen LogP contribution in [0.3, 0.4) is 0 Å². The van der Waals surface area contributed by atoms with E-state index in [0.717, 1.165) is 11.1 Å².